The van der Waals surface area contributed by atoms with Gasteiger partial charge in [-0.25, -0.2) is 0 Å². The maximum absolute atomic E-state index is 10.7. The highest BCUT2D eigenvalue weighted by molar-refractivity contribution is 5.80. The first kappa shape index (κ1) is 10.0. The van der Waals surface area contributed by atoms with Gasteiger partial charge in [-0.15, -0.1) is 0 Å². The van der Waals surface area contributed by atoms with Crippen molar-refractivity contribution in [3.63, 3.8) is 0 Å². The molecule has 1 aromatic carbocycles. The van der Waals surface area contributed by atoms with Crippen LogP contribution in [0.2, 0.25) is 0 Å². The fourth-order valence-corrected chi connectivity index (χ4v) is 1.80. The molecule has 0 bridgehead atoms. The number of ether oxygens (including phenoxy) is 1. The number of hydrogen-bond donors (Lipinski definition) is 1. The average Bonchev–Trinajstić information content (AvgIpc) is 2.17. The standard InChI is InChI=1S/C12H14O3/c1-12(2)4-3-8-5-10(14)9(7-13)6-11(8)15-12/h5-7,14H,3-4H2,1-2H3. The Balaban J connectivity index is 2.46. The van der Waals surface area contributed by atoms with Crippen molar-refractivity contribution in [2.45, 2.75) is 32.3 Å². The molecule has 0 fully saturated rings. The van der Waals surface area contributed by atoms with Gasteiger partial charge in [0.15, 0.2) is 6.29 Å². The van der Waals surface area contributed by atoms with Crippen molar-refractivity contribution in [3.05, 3.63) is 23.3 Å². The zero-order valence-electron chi connectivity index (χ0n) is 8.91. The van der Waals surface area contributed by atoms with E-state index in [0.717, 1.165) is 18.4 Å². The molecule has 1 aliphatic heterocycles. The van der Waals surface area contributed by atoms with Crippen molar-refractivity contribution in [2.75, 3.05) is 0 Å². The Morgan fingerprint density at radius 3 is 2.87 bits per heavy atom. The zero-order chi connectivity index (χ0) is 11.1. The highest BCUT2D eigenvalue weighted by Crippen LogP contribution is 2.36. The van der Waals surface area contributed by atoms with Gasteiger partial charge in [-0.3, -0.25) is 4.79 Å². The first-order valence-electron chi connectivity index (χ1n) is 5.02. The molecule has 0 atom stereocenters. The second kappa shape index (κ2) is 3.26. The van der Waals surface area contributed by atoms with Gasteiger partial charge >= 0.3 is 0 Å². The van der Waals surface area contributed by atoms with E-state index in [1.165, 1.54) is 0 Å². The van der Waals surface area contributed by atoms with Gasteiger partial charge < -0.3 is 9.84 Å². The molecule has 0 amide bonds. The third kappa shape index (κ3) is 1.82. The van der Waals surface area contributed by atoms with Crippen LogP contribution in [0.25, 0.3) is 0 Å². The lowest BCUT2D eigenvalue weighted by Gasteiger charge is -2.32. The summed E-state index contributed by atoms with van der Waals surface area (Å²) in [7, 11) is 0. The van der Waals surface area contributed by atoms with Crippen LogP contribution in [0.1, 0.15) is 36.2 Å². The van der Waals surface area contributed by atoms with E-state index >= 15 is 0 Å². The molecule has 0 saturated heterocycles. The van der Waals surface area contributed by atoms with Gasteiger partial charge in [-0.1, -0.05) is 0 Å². The second-order valence-corrected chi connectivity index (χ2v) is 4.50. The number of aldehydes is 1. The summed E-state index contributed by atoms with van der Waals surface area (Å²) < 4.78 is 5.75. The number of benzene rings is 1. The van der Waals surface area contributed by atoms with Gasteiger partial charge in [0.1, 0.15) is 17.1 Å². The summed E-state index contributed by atoms with van der Waals surface area (Å²) in [6.07, 6.45) is 2.43. The Kier molecular flexibility index (Phi) is 2.18. The van der Waals surface area contributed by atoms with Crippen LogP contribution in [-0.4, -0.2) is 17.0 Å². The molecule has 0 saturated carbocycles. The summed E-state index contributed by atoms with van der Waals surface area (Å²) in [5.74, 6) is 0.748. The highest BCUT2D eigenvalue weighted by atomic mass is 16.5. The fraction of sp³-hybridized carbons (Fsp3) is 0.417. The molecule has 0 radical (unpaired) electrons. The van der Waals surface area contributed by atoms with Crippen molar-refractivity contribution in [3.8, 4) is 11.5 Å². The minimum atomic E-state index is -0.190. The molecule has 0 aliphatic carbocycles. The molecule has 80 valence electrons. The molecule has 0 spiro atoms. The number of carbonyl (C=O) groups is 1. The van der Waals surface area contributed by atoms with E-state index in [1.54, 1.807) is 12.1 Å². The zero-order valence-corrected chi connectivity index (χ0v) is 8.91. The summed E-state index contributed by atoms with van der Waals surface area (Å²) >= 11 is 0. The molecular formula is C12H14O3. The van der Waals surface area contributed by atoms with Crippen LogP contribution in [0.5, 0.6) is 11.5 Å². The largest absolute Gasteiger partial charge is 0.507 e. The quantitative estimate of drug-likeness (QED) is 0.717. The van der Waals surface area contributed by atoms with Crippen LogP contribution in [-0.2, 0) is 6.42 Å². The van der Waals surface area contributed by atoms with Crippen molar-refractivity contribution < 1.29 is 14.6 Å². The Labute approximate surface area is 88.7 Å². The van der Waals surface area contributed by atoms with E-state index in [0.29, 0.717) is 12.0 Å². The molecule has 15 heavy (non-hydrogen) atoms. The van der Waals surface area contributed by atoms with Crippen LogP contribution in [0, 0.1) is 0 Å². The molecule has 0 unspecified atom stereocenters. The number of phenols is 1. The van der Waals surface area contributed by atoms with Gasteiger partial charge in [-0.2, -0.15) is 0 Å². The molecule has 3 nitrogen and oxygen atoms in total. The van der Waals surface area contributed by atoms with Crippen molar-refractivity contribution >= 4 is 6.29 Å². The number of aryl methyl sites for hydroxylation is 1. The minimum absolute atomic E-state index is 0.0343. The van der Waals surface area contributed by atoms with Crippen LogP contribution >= 0.6 is 0 Å². The van der Waals surface area contributed by atoms with E-state index in [1.807, 2.05) is 13.8 Å². The van der Waals surface area contributed by atoms with Gasteiger partial charge in [0.25, 0.3) is 0 Å². The molecule has 1 N–H and O–H groups in total. The van der Waals surface area contributed by atoms with E-state index in [-0.39, 0.29) is 16.9 Å². The Morgan fingerprint density at radius 2 is 2.20 bits per heavy atom. The first-order chi connectivity index (χ1) is 7.02. The van der Waals surface area contributed by atoms with Gasteiger partial charge in [0.2, 0.25) is 0 Å². The molecule has 2 rings (SSSR count). The molecule has 1 heterocycles. The molecule has 1 aliphatic rings. The predicted octanol–water partition coefficient (Wildman–Crippen LogP) is 2.31. The van der Waals surface area contributed by atoms with Gasteiger partial charge in [-0.05, 0) is 44.4 Å². The van der Waals surface area contributed by atoms with Crippen molar-refractivity contribution in [2.24, 2.45) is 0 Å². The Hall–Kier alpha value is -1.51. The Morgan fingerprint density at radius 1 is 1.47 bits per heavy atom. The lowest BCUT2D eigenvalue weighted by Crippen LogP contribution is -2.32. The maximum Gasteiger partial charge on any atom is 0.153 e. The SMILES string of the molecule is CC1(C)CCc2cc(O)c(C=O)cc2O1. The number of carbonyl (C=O) groups excluding carboxylic acids is 1. The summed E-state index contributed by atoms with van der Waals surface area (Å²) in [5.41, 5.74) is 1.06. The fourth-order valence-electron chi connectivity index (χ4n) is 1.80. The van der Waals surface area contributed by atoms with Gasteiger partial charge in [0.05, 0.1) is 5.56 Å². The van der Waals surface area contributed by atoms with Crippen LogP contribution in [0.4, 0.5) is 0 Å². The van der Waals surface area contributed by atoms with E-state index < -0.39 is 0 Å². The van der Waals surface area contributed by atoms with E-state index in [4.69, 9.17) is 4.74 Å². The van der Waals surface area contributed by atoms with Crippen LogP contribution in [0.3, 0.4) is 0 Å². The van der Waals surface area contributed by atoms with Crippen molar-refractivity contribution in [1.82, 2.24) is 0 Å². The number of rotatable bonds is 1. The smallest absolute Gasteiger partial charge is 0.153 e. The minimum Gasteiger partial charge on any atom is -0.507 e. The number of phenolic OH excluding ortho intramolecular Hbond substituents is 1. The number of fused-ring (bicyclic) bond motifs is 1. The Bertz CT molecular complexity index is 408. The molecular weight excluding hydrogens is 192 g/mol. The predicted molar refractivity (Wildman–Crippen MR) is 56.5 cm³/mol. The molecule has 0 aromatic heterocycles. The lowest BCUT2D eigenvalue weighted by atomic mass is 9.93. The molecule has 3 heteroatoms. The average molecular weight is 206 g/mol. The third-order valence-electron chi connectivity index (χ3n) is 2.72. The summed E-state index contributed by atoms with van der Waals surface area (Å²) in [4.78, 5) is 10.7. The first-order valence-corrected chi connectivity index (χ1v) is 5.02. The number of hydrogen-bond acceptors (Lipinski definition) is 3. The molecule has 1 aromatic rings. The summed E-state index contributed by atoms with van der Waals surface area (Å²) in [6.45, 7) is 4.03. The second-order valence-electron chi connectivity index (χ2n) is 4.50. The maximum atomic E-state index is 10.7. The topological polar surface area (TPSA) is 46.5 Å². The summed E-state index contributed by atoms with van der Waals surface area (Å²) in [6, 6.07) is 3.23. The van der Waals surface area contributed by atoms with Crippen LogP contribution < -0.4 is 4.74 Å². The highest BCUT2D eigenvalue weighted by Gasteiger charge is 2.27. The van der Waals surface area contributed by atoms with Gasteiger partial charge in [0, 0.05) is 0 Å². The lowest BCUT2D eigenvalue weighted by molar-refractivity contribution is 0.0841. The normalized spacial score (nSPS) is 17.7. The summed E-state index contributed by atoms with van der Waals surface area (Å²) in [5, 5.41) is 9.51. The van der Waals surface area contributed by atoms with E-state index in [9.17, 15) is 9.90 Å². The van der Waals surface area contributed by atoms with Crippen molar-refractivity contribution in [1.29, 1.82) is 0 Å². The number of aromatic hydroxyl groups is 1. The van der Waals surface area contributed by atoms with Crippen LogP contribution in [0.15, 0.2) is 12.1 Å². The third-order valence-corrected chi connectivity index (χ3v) is 2.72. The monoisotopic (exact) mass is 206 g/mol. The van der Waals surface area contributed by atoms with E-state index in [2.05, 4.69) is 0 Å².